The smallest absolute Gasteiger partial charge is 0.119 e. The van der Waals surface area contributed by atoms with Gasteiger partial charge in [0.2, 0.25) is 0 Å². The van der Waals surface area contributed by atoms with Gasteiger partial charge in [-0.15, -0.1) is 0 Å². The molecule has 0 aromatic heterocycles. The number of rotatable bonds is 7. The van der Waals surface area contributed by atoms with Crippen molar-refractivity contribution in [1.29, 1.82) is 0 Å². The topological polar surface area (TPSA) is 38.5 Å². The summed E-state index contributed by atoms with van der Waals surface area (Å²) in [7, 11) is 1.72. The van der Waals surface area contributed by atoms with Gasteiger partial charge in [0, 0.05) is 18.3 Å². The minimum atomic E-state index is 0.670. The highest BCUT2D eigenvalue weighted by atomic mass is 16.5. The largest absolute Gasteiger partial charge is 0.497 e. The monoisotopic (exact) mass is 290 g/mol. The molecule has 0 bridgehead atoms. The third-order valence-electron chi connectivity index (χ3n) is 4.80. The molecule has 0 amide bonds. The summed E-state index contributed by atoms with van der Waals surface area (Å²) in [6.07, 6.45) is 7.77. The van der Waals surface area contributed by atoms with Gasteiger partial charge in [0.25, 0.3) is 0 Å². The molecule has 1 saturated carbocycles. The number of ether oxygens (including phenoxy) is 1. The number of methoxy groups -OCH3 is 1. The maximum atomic E-state index is 5.75. The molecule has 0 saturated heterocycles. The second-order valence-electron chi connectivity index (χ2n) is 6.05. The summed E-state index contributed by atoms with van der Waals surface area (Å²) in [5.41, 5.74) is 7.07. The molecule has 2 N–H and O–H groups in total. The van der Waals surface area contributed by atoms with Crippen molar-refractivity contribution in [3.8, 4) is 5.75 Å². The zero-order valence-electron chi connectivity index (χ0n) is 13.6. The van der Waals surface area contributed by atoms with E-state index < -0.39 is 0 Å². The fourth-order valence-corrected chi connectivity index (χ4v) is 3.60. The quantitative estimate of drug-likeness (QED) is 0.829. The SMILES string of the molecule is CCC1CCCCC1N(CCCN)c1ccc(OC)cc1. The zero-order valence-corrected chi connectivity index (χ0v) is 13.6. The zero-order chi connectivity index (χ0) is 15.1. The van der Waals surface area contributed by atoms with Gasteiger partial charge in [-0.05, 0) is 56.0 Å². The summed E-state index contributed by atoms with van der Waals surface area (Å²) in [5, 5.41) is 0. The summed E-state index contributed by atoms with van der Waals surface area (Å²) in [6.45, 7) is 4.15. The summed E-state index contributed by atoms with van der Waals surface area (Å²) in [5.74, 6) is 1.74. The number of hydrogen-bond donors (Lipinski definition) is 1. The molecular formula is C18H30N2O. The van der Waals surface area contributed by atoms with Crippen molar-refractivity contribution in [3.05, 3.63) is 24.3 Å². The fraction of sp³-hybridized carbons (Fsp3) is 0.667. The van der Waals surface area contributed by atoms with Gasteiger partial charge < -0.3 is 15.4 Å². The second kappa shape index (κ2) is 8.28. The molecule has 2 rings (SSSR count). The van der Waals surface area contributed by atoms with Gasteiger partial charge in [-0.25, -0.2) is 0 Å². The molecule has 3 nitrogen and oxygen atoms in total. The molecule has 3 heteroatoms. The number of nitrogens with two attached hydrogens (primary N) is 1. The van der Waals surface area contributed by atoms with Gasteiger partial charge in [-0.2, -0.15) is 0 Å². The summed E-state index contributed by atoms with van der Waals surface area (Å²) >= 11 is 0. The van der Waals surface area contributed by atoms with E-state index in [0.717, 1.165) is 31.2 Å². The van der Waals surface area contributed by atoms with Crippen molar-refractivity contribution in [1.82, 2.24) is 0 Å². The molecule has 2 unspecified atom stereocenters. The molecule has 0 aliphatic heterocycles. The Balaban J connectivity index is 2.18. The normalized spacial score (nSPS) is 22.0. The first kappa shape index (κ1) is 16.2. The van der Waals surface area contributed by atoms with Gasteiger partial charge in [0.05, 0.1) is 7.11 Å². The highest BCUT2D eigenvalue weighted by molar-refractivity contribution is 5.50. The lowest BCUT2D eigenvalue weighted by Gasteiger charge is -2.41. The molecule has 118 valence electrons. The van der Waals surface area contributed by atoms with Crippen LogP contribution in [0.4, 0.5) is 5.69 Å². The Morgan fingerprint density at radius 2 is 1.90 bits per heavy atom. The highest BCUT2D eigenvalue weighted by Crippen LogP contribution is 2.34. The summed E-state index contributed by atoms with van der Waals surface area (Å²) < 4.78 is 5.28. The molecule has 2 atom stereocenters. The van der Waals surface area contributed by atoms with Crippen molar-refractivity contribution in [2.75, 3.05) is 25.1 Å². The number of anilines is 1. The predicted molar refractivity (Wildman–Crippen MR) is 90.0 cm³/mol. The Hall–Kier alpha value is -1.22. The van der Waals surface area contributed by atoms with Gasteiger partial charge in [-0.1, -0.05) is 26.2 Å². The van der Waals surface area contributed by atoms with E-state index in [0.29, 0.717) is 6.04 Å². The molecule has 1 aliphatic rings. The van der Waals surface area contributed by atoms with Crippen molar-refractivity contribution >= 4 is 5.69 Å². The predicted octanol–water partition coefficient (Wildman–Crippen LogP) is 3.82. The fourth-order valence-electron chi connectivity index (χ4n) is 3.60. The molecule has 21 heavy (non-hydrogen) atoms. The van der Waals surface area contributed by atoms with Crippen LogP contribution in [0.1, 0.15) is 45.4 Å². The van der Waals surface area contributed by atoms with Crippen LogP contribution in [-0.4, -0.2) is 26.2 Å². The van der Waals surface area contributed by atoms with Gasteiger partial charge in [-0.3, -0.25) is 0 Å². The average molecular weight is 290 g/mol. The van der Waals surface area contributed by atoms with Crippen molar-refractivity contribution in [2.24, 2.45) is 11.7 Å². The van der Waals surface area contributed by atoms with E-state index in [1.165, 1.54) is 37.8 Å². The molecule has 0 radical (unpaired) electrons. The first-order chi connectivity index (χ1) is 10.3. The molecule has 0 heterocycles. The van der Waals surface area contributed by atoms with Gasteiger partial charge >= 0.3 is 0 Å². The minimum Gasteiger partial charge on any atom is -0.497 e. The van der Waals surface area contributed by atoms with Gasteiger partial charge in [0.15, 0.2) is 0 Å². The van der Waals surface area contributed by atoms with Crippen LogP contribution in [0.25, 0.3) is 0 Å². The van der Waals surface area contributed by atoms with Crippen LogP contribution in [-0.2, 0) is 0 Å². The molecule has 1 aliphatic carbocycles. The van der Waals surface area contributed by atoms with E-state index in [9.17, 15) is 0 Å². The molecular weight excluding hydrogens is 260 g/mol. The Labute approximate surface area is 129 Å². The van der Waals surface area contributed by atoms with Crippen LogP contribution in [0.2, 0.25) is 0 Å². The lowest BCUT2D eigenvalue weighted by atomic mass is 9.81. The second-order valence-corrected chi connectivity index (χ2v) is 6.05. The van der Waals surface area contributed by atoms with Crippen molar-refractivity contribution < 1.29 is 4.74 Å². The maximum absolute atomic E-state index is 5.75. The van der Waals surface area contributed by atoms with E-state index >= 15 is 0 Å². The molecule has 0 spiro atoms. The van der Waals surface area contributed by atoms with E-state index in [1.807, 2.05) is 0 Å². The van der Waals surface area contributed by atoms with Crippen molar-refractivity contribution in [3.63, 3.8) is 0 Å². The number of nitrogens with zero attached hydrogens (tertiary/aromatic N) is 1. The Kier molecular flexibility index (Phi) is 6.37. The number of hydrogen-bond acceptors (Lipinski definition) is 3. The Bertz CT molecular complexity index is 404. The Morgan fingerprint density at radius 1 is 1.19 bits per heavy atom. The first-order valence-corrected chi connectivity index (χ1v) is 8.41. The average Bonchev–Trinajstić information content (AvgIpc) is 2.56. The Morgan fingerprint density at radius 3 is 2.52 bits per heavy atom. The van der Waals surface area contributed by atoms with E-state index in [-0.39, 0.29) is 0 Å². The summed E-state index contributed by atoms with van der Waals surface area (Å²) in [4.78, 5) is 2.60. The van der Waals surface area contributed by atoms with Crippen LogP contribution >= 0.6 is 0 Å². The minimum absolute atomic E-state index is 0.670. The number of benzene rings is 1. The molecule has 1 aromatic rings. The molecule has 1 aromatic carbocycles. The lowest BCUT2D eigenvalue weighted by molar-refractivity contribution is 0.284. The summed E-state index contributed by atoms with van der Waals surface area (Å²) in [6, 6.07) is 9.18. The third kappa shape index (κ3) is 4.13. The standard InChI is InChI=1S/C18H30N2O/c1-3-15-7-4-5-8-18(15)20(14-6-13-19)16-9-11-17(21-2)12-10-16/h9-12,15,18H,3-8,13-14,19H2,1-2H3. The third-order valence-corrected chi connectivity index (χ3v) is 4.80. The van der Waals surface area contributed by atoms with E-state index in [1.54, 1.807) is 7.11 Å². The van der Waals surface area contributed by atoms with Gasteiger partial charge in [0.1, 0.15) is 5.75 Å². The molecule has 1 fully saturated rings. The first-order valence-electron chi connectivity index (χ1n) is 8.41. The maximum Gasteiger partial charge on any atom is 0.119 e. The van der Waals surface area contributed by atoms with Crippen LogP contribution in [0.5, 0.6) is 5.75 Å². The van der Waals surface area contributed by atoms with Crippen molar-refractivity contribution in [2.45, 2.75) is 51.5 Å². The van der Waals surface area contributed by atoms with Crippen LogP contribution < -0.4 is 15.4 Å². The van der Waals surface area contributed by atoms with E-state index in [2.05, 4.69) is 36.1 Å². The highest BCUT2D eigenvalue weighted by Gasteiger charge is 2.28. The van der Waals surface area contributed by atoms with Crippen LogP contribution in [0.3, 0.4) is 0 Å². The lowest BCUT2D eigenvalue weighted by Crippen LogP contribution is -2.43. The van der Waals surface area contributed by atoms with Crippen LogP contribution in [0.15, 0.2) is 24.3 Å². The van der Waals surface area contributed by atoms with E-state index in [4.69, 9.17) is 10.5 Å². The van der Waals surface area contributed by atoms with Crippen LogP contribution in [0, 0.1) is 5.92 Å².